The first-order chi connectivity index (χ1) is 13.0. The molecular weight excluding hydrogens is 358 g/mol. The number of benzene rings is 3. The number of hydrogen-bond acceptors (Lipinski definition) is 2. The zero-order valence-electron chi connectivity index (χ0n) is 15.4. The normalized spacial score (nSPS) is 12.9. The van der Waals surface area contributed by atoms with Gasteiger partial charge in [0.05, 0.1) is 6.04 Å². The fourth-order valence-corrected chi connectivity index (χ4v) is 3.13. The Morgan fingerprint density at radius 3 is 2.37 bits per heavy atom. The van der Waals surface area contributed by atoms with Crippen LogP contribution < -0.4 is 10.1 Å². The van der Waals surface area contributed by atoms with Crippen molar-refractivity contribution in [2.45, 2.75) is 26.0 Å². The lowest BCUT2D eigenvalue weighted by molar-refractivity contribution is -0.127. The first kappa shape index (κ1) is 19.0. The molecule has 27 heavy (non-hydrogen) atoms. The third kappa shape index (κ3) is 4.89. The number of nitrogens with one attached hydrogen (secondary N) is 1. The van der Waals surface area contributed by atoms with Gasteiger partial charge in [0.2, 0.25) is 0 Å². The minimum Gasteiger partial charge on any atom is -0.481 e. The summed E-state index contributed by atoms with van der Waals surface area (Å²) in [6.07, 6.45) is -0.654. The highest BCUT2D eigenvalue weighted by atomic mass is 35.5. The second-order valence-electron chi connectivity index (χ2n) is 6.43. The average Bonchev–Trinajstić information content (AvgIpc) is 2.67. The Bertz CT molecular complexity index is 911. The summed E-state index contributed by atoms with van der Waals surface area (Å²) in [6.45, 7) is 3.78. The predicted octanol–water partition coefficient (Wildman–Crippen LogP) is 5.32. The van der Waals surface area contributed by atoms with E-state index in [2.05, 4.69) is 5.32 Å². The summed E-state index contributed by atoms with van der Waals surface area (Å²) in [6, 6.07) is 24.8. The van der Waals surface area contributed by atoms with Crippen molar-refractivity contribution in [3.05, 3.63) is 101 Å². The number of halogens is 1. The molecule has 0 aromatic heterocycles. The molecule has 3 aromatic rings. The third-order valence-electron chi connectivity index (χ3n) is 4.40. The highest BCUT2D eigenvalue weighted by Gasteiger charge is 2.22. The number of amides is 1. The summed E-state index contributed by atoms with van der Waals surface area (Å²) in [4.78, 5) is 12.8. The molecule has 4 heteroatoms. The highest BCUT2D eigenvalue weighted by Crippen LogP contribution is 2.25. The lowest BCUT2D eigenvalue weighted by atomic mass is 9.95. The van der Waals surface area contributed by atoms with Gasteiger partial charge in [0.25, 0.3) is 5.91 Å². The van der Waals surface area contributed by atoms with E-state index in [1.54, 1.807) is 31.2 Å². The van der Waals surface area contributed by atoms with E-state index in [-0.39, 0.29) is 11.9 Å². The van der Waals surface area contributed by atoms with Crippen LogP contribution in [-0.2, 0) is 4.79 Å². The molecule has 0 aliphatic carbocycles. The molecule has 3 aromatic carbocycles. The van der Waals surface area contributed by atoms with E-state index in [9.17, 15) is 4.79 Å². The van der Waals surface area contributed by atoms with Crippen LogP contribution in [0.2, 0.25) is 5.02 Å². The Labute approximate surface area is 164 Å². The number of aryl methyl sites for hydroxylation is 1. The van der Waals surface area contributed by atoms with Crippen molar-refractivity contribution in [1.29, 1.82) is 0 Å². The van der Waals surface area contributed by atoms with E-state index < -0.39 is 6.10 Å². The Balaban J connectivity index is 1.81. The summed E-state index contributed by atoms with van der Waals surface area (Å²) in [5.41, 5.74) is 3.21. The molecule has 1 N–H and O–H groups in total. The minimum absolute atomic E-state index is 0.188. The van der Waals surface area contributed by atoms with E-state index in [0.717, 1.165) is 16.7 Å². The maximum absolute atomic E-state index is 12.8. The van der Waals surface area contributed by atoms with Crippen molar-refractivity contribution in [1.82, 2.24) is 5.32 Å². The molecule has 138 valence electrons. The van der Waals surface area contributed by atoms with E-state index in [1.807, 2.05) is 61.5 Å². The summed E-state index contributed by atoms with van der Waals surface area (Å²) in [5, 5.41) is 3.70. The Hall–Kier alpha value is -2.78. The van der Waals surface area contributed by atoms with Crippen LogP contribution in [0.5, 0.6) is 5.75 Å². The summed E-state index contributed by atoms with van der Waals surface area (Å²) in [5.74, 6) is 0.379. The minimum atomic E-state index is -0.654. The van der Waals surface area contributed by atoms with Gasteiger partial charge in [0, 0.05) is 5.02 Å². The van der Waals surface area contributed by atoms with Crippen molar-refractivity contribution < 1.29 is 9.53 Å². The fourth-order valence-electron chi connectivity index (χ4n) is 2.95. The van der Waals surface area contributed by atoms with Crippen molar-refractivity contribution in [3.8, 4) is 5.75 Å². The number of carbonyl (C=O) groups excluding carboxylic acids is 1. The van der Waals surface area contributed by atoms with E-state index >= 15 is 0 Å². The molecule has 0 bridgehead atoms. The van der Waals surface area contributed by atoms with E-state index in [0.29, 0.717) is 10.8 Å². The molecule has 0 fully saturated rings. The first-order valence-electron chi connectivity index (χ1n) is 8.87. The average molecular weight is 380 g/mol. The molecule has 1 amide bonds. The Morgan fingerprint density at radius 2 is 1.67 bits per heavy atom. The molecule has 0 saturated heterocycles. The van der Waals surface area contributed by atoms with Gasteiger partial charge in [-0.1, -0.05) is 72.3 Å². The van der Waals surface area contributed by atoms with Crippen LogP contribution in [0.25, 0.3) is 0 Å². The summed E-state index contributed by atoms with van der Waals surface area (Å²) in [7, 11) is 0. The van der Waals surface area contributed by atoms with Crippen molar-refractivity contribution >= 4 is 17.5 Å². The monoisotopic (exact) mass is 379 g/mol. The molecule has 2 atom stereocenters. The van der Waals surface area contributed by atoms with Crippen molar-refractivity contribution in [2.75, 3.05) is 0 Å². The maximum atomic E-state index is 12.8. The molecule has 0 aliphatic heterocycles. The number of hydrogen-bond donors (Lipinski definition) is 1. The molecule has 0 saturated carbocycles. The first-order valence-corrected chi connectivity index (χ1v) is 9.25. The van der Waals surface area contributed by atoms with Crippen LogP contribution >= 0.6 is 11.6 Å². The van der Waals surface area contributed by atoms with Crippen LogP contribution in [-0.4, -0.2) is 12.0 Å². The molecule has 0 radical (unpaired) electrons. The fraction of sp³-hybridized carbons (Fsp3) is 0.174. The van der Waals surface area contributed by atoms with Gasteiger partial charge in [-0.15, -0.1) is 0 Å². The lowest BCUT2D eigenvalue weighted by Gasteiger charge is -2.24. The van der Waals surface area contributed by atoms with Gasteiger partial charge in [-0.3, -0.25) is 4.79 Å². The molecular formula is C23H22ClNO2. The molecule has 0 spiro atoms. The van der Waals surface area contributed by atoms with Crippen LogP contribution in [0.3, 0.4) is 0 Å². The maximum Gasteiger partial charge on any atom is 0.261 e. The van der Waals surface area contributed by atoms with E-state index in [1.165, 1.54) is 0 Å². The standard InChI is InChI=1S/C23H22ClNO2/c1-16-9-6-7-14-21(16)22(18-10-4-3-5-11-18)25-23(26)17(2)27-20-13-8-12-19(24)15-20/h3-15,17,22H,1-2H3,(H,25,26)/t17-,22+/m1/s1. The summed E-state index contributed by atoms with van der Waals surface area (Å²) >= 11 is 5.99. The van der Waals surface area contributed by atoms with Gasteiger partial charge in [0.1, 0.15) is 5.75 Å². The van der Waals surface area contributed by atoms with Crippen LogP contribution in [0.1, 0.15) is 29.7 Å². The van der Waals surface area contributed by atoms with Gasteiger partial charge in [-0.05, 0) is 48.7 Å². The van der Waals surface area contributed by atoms with Crippen LogP contribution in [0.15, 0.2) is 78.9 Å². The van der Waals surface area contributed by atoms with Gasteiger partial charge >= 0.3 is 0 Å². The number of rotatable bonds is 6. The second-order valence-corrected chi connectivity index (χ2v) is 6.86. The molecule has 0 unspecified atom stereocenters. The largest absolute Gasteiger partial charge is 0.481 e. The van der Waals surface area contributed by atoms with Gasteiger partial charge < -0.3 is 10.1 Å². The Morgan fingerprint density at radius 1 is 0.963 bits per heavy atom. The van der Waals surface area contributed by atoms with Crippen molar-refractivity contribution in [2.24, 2.45) is 0 Å². The lowest BCUT2D eigenvalue weighted by Crippen LogP contribution is -2.39. The Kier molecular flexibility index (Phi) is 6.15. The van der Waals surface area contributed by atoms with Gasteiger partial charge in [-0.2, -0.15) is 0 Å². The number of ether oxygens (including phenoxy) is 1. The van der Waals surface area contributed by atoms with Crippen molar-refractivity contribution in [3.63, 3.8) is 0 Å². The number of carbonyl (C=O) groups is 1. The second kappa shape index (κ2) is 8.74. The summed E-state index contributed by atoms with van der Waals surface area (Å²) < 4.78 is 5.76. The molecule has 0 aliphatic rings. The SMILES string of the molecule is Cc1ccccc1[C@@H](NC(=O)[C@@H](C)Oc1cccc(Cl)c1)c1ccccc1. The molecule has 0 heterocycles. The van der Waals surface area contributed by atoms with E-state index in [4.69, 9.17) is 16.3 Å². The van der Waals surface area contributed by atoms with Crippen LogP contribution in [0.4, 0.5) is 0 Å². The quantitative estimate of drug-likeness (QED) is 0.629. The van der Waals surface area contributed by atoms with Gasteiger partial charge in [0.15, 0.2) is 6.10 Å². The molecule has 3 rings (SSSR count). The zero-order chi connectivity index (χ0) is 19.2. The zero-order valence-corrected chi connectivity index (χ0v) is 16.1. The predicted molar refractivity (Wildman–Crippen MR) is 109 cm³/mol. The van der Waals surface area contributed by atoms with Gasteiger partial charge in [-0.25, -0.2) is 0 Å². The van der Waals surface area contributed by atoms with Crippen LogP contribution in [0, 0.1) is 6.92 Å². The highest BCUT2D eigenvalue weighted by molar-refractivity contribution is 6.30. The topological polar surface area (TPSA) is 38.3 Å². The smallest absolute Gasteiger partial charge is 0.261 e. The molecule has 3 nitrogen and oxygen atoms in total. The third-order valence-corrected chi connectivity index (χ3v) is 4.63.